The highest BCUT2D eigenvalue weighted by atomic mass is 15.1. The molecule has 0 saturated carbocycles. The second-order valence-corrected chi connectivity index (χ2v) is 4.90. The molecule has 0 saturated heterocycles. The van der Waals surface area contributed by atoms with Gasteiger partial charge in [0.05, 0.1) is 11.7 Å². The molecule has 1 heterocycles. The molecule has 1 unspecified atom stereocenters. The van der Waals surface area contributed by atoms with Gasteiger partial charge < -0.3 is 0 Å². The zero-order valence-corrected chi connectivity index (χ0v) is 12.0. The summed E-state index contributed by atoms with van der Waals surface area (Å²) >= 11 is 0. The Morgan fingerprint density at radius 3 is 2.89 bits per heavy atom. The number of hydrogen-bond acceptors (Lipinski definition) is 1. The fraction of sp³-hybridized carbons (Fsp3) is 0.562. The summed E-state index contributed by atoms with van der Waals surface area (Å²) in [6, 6.07) is 2.31. The first kappa shape index (κ1) is 13.1. The average Bonchev–Trinajstić information content (AvgIpc) is 2.89. The van der Waals surface area contributed by atoms with Gasteiger partial charge >= 0.3 is 0 Å². The molecule has 0 spiro atoms. The molecule has 18 heavy (non-hydrogen) atoms. The molecular weight excluding hydrogens is 220 g/mol. The lowest BCUT2D eigenvalue weighted by molar-refractivity contribution is 0.538. The number of H-pyrrole nitrogens is 1. The Morgan fingerprint density at radius 1 is 1.39 bits per heavy atom. The minimum absolute atomic E-state index is 0.767. The van der Waals surface area contributed by atoms with Gasteiger partial charge in [0.15, 0.2) is 0 Å². The van der Waals surface area contributed by atoms with Crippen LogP contribution in [0.2, 0.25) is 0 Å². The zero-order chi connectivity index (χ0) is 13.1. The topological polar surface area (TPSA) is 28.7 Å². The Kier molecular flexibility index (Phi) is 4.05. The summed E-state index contributed by atoms with van der Waals surface area (Å²) < 4.78 is 0. The standard InChI is InChI=1S/C14H18N2.C2H6/c1-3-10-5-4-6-11-7-13-12(8-15-16-13)9(2)14(10)11;1-2/h7-8,10H,3-6H2,1-2H3,(H,15,16);1-2H3. The zero-order valence-electron chi connectivity index (χ0n) is 12.0. The normalized spacial score (nSPS) is 18.1. The van der Waals surface area contributed by atoms with E-state index in [1.165, 1.54) is 42.1 Å². The van der Waals surface area contributed by atoms with Crippen molar-refractivity contribution in [2.75, 3.05) is 0 Å². The van der Waals surface area contributed by atoms with Crippen molar-refractivity contribution in [2.45, 2.75) is 59.3 Å². The van der Waals surface area contributed by atoms with Crippen molar-refractivity contribution in [3.05, 3.63) is 29.0 Å². The van der Waals surface area contributed by atoms with Crippen LogP contribution in [-0.4, -0.2) is 10.2 Å². The third-order valence-electron chi connectivity index (χ3n) is 4.04. The molecule has 2 aromatic rings. The first-order valence-electron chi connectivity index (χ1n) is 7.26. The number of benzene rings is 1. The van der Waals surface area contributed by atoms with E-state index in [0.29, 0.717) is 0 Å². The van der Waals surface area contributed by atoms with E-state index >= 15 is 0 Å². The number of hydrogen-bond donors (Lipinski definition) is 1. The van der Waals surface area contributed by atoms with Crippen LogP contribution in [0.25, 0.3) is 10.9 Å². The van der Waals surface area contributed by atoms with Crippen LogP contribution < -0.4 is 0 Å². The molecule has 2 heteroatoms. The molecule has 98 valence electrons. The summed E-state index contributed by atoms with van der Waals surface area (Å²) in [5.41, 5.74) is 5.82. The van der Waals surface area contributed by atoms with Crippen LogP contribution >= 0.6 is 0 Å². The quantitative estimate of drug-likeness (QED) is 0.772. The number of nitrogens with one attached hydrogen (secondary N) is 1. The SMILES string of the molecule is CC.CCC1CCCc2cc3[nH]ncc3c(C)c21. The third-order valence-corrected chi connectivity index (χ3v) is 4.04. The van der Waals surface area contributed by atoms with E-state index in [1.807, 2.05) is 20.0 Å². The number of nitrogens with zero attached hydrogens (tertiary/aromatic N) is 1. The number of aromatic amines is 1. The maximum Gasteiger partial charge on any atom is 0.0655 e. The second-order valence-electron chi connectivity index (χ2n) is 4.90. The number of aromatic nitrogens is 2. The van der Waals surface area contributed by atoms with E-state index in [4.69, 9.17) is 0 Å². The minimum Gasteiger partial charge on any atom is -0.278 e. The van der Waals surface area contributed by atoms with E-state index in [2.05, 4.69) is 30.1 Å². The largest absolute Gasteiger partial charge is 0.278 e. The van der Waals surface area contributed by atoms with Crippen LogP contribution in [0.3, 0.4) is 0 Å². The maximum atomic E-state index is 4.16. The molecule has 0 amide bonds. The van der Waals surface area contributed by atoms with Crippen molar-refractivity contribution in [3.63, 3.8) is 0 Å². The van der Waals surface area contributed by atoms with Gasteiger partial charge in [-0.3, -0.25) is 5.10 Å². The van der Waals surface area contributed by atoms with Gasteiger partial charge in [0.1, 0.15) is 0 Å². The lowest BCUT2D eigenvalue weighted by atomic mass is 9.78. The van der Waals surface area contributed by atoms with E-state index < -0.39 is 0 Å². The van der Waals surface area contributed by atoms with Crippen molar-refractivity contribution < 1.29 is 0 Å². The summed E-state index contributed by atoms with van der Waals surface area (Å²) in [6.07, 6.45) is 7.16. The molecule has 1 aromatic carbocycles. The molecule has 0 radical (unpaired) electrons. The predicted molar refractivity (Wildman–Crippen MR) is 78.1 cm³/mol. The van der Waals surface area contributed by atoms with Crippen LogP contribution in [0.15, 0.2) is 12.3 Å². The minimum atomic E-state index is 0.767. The fourth-order valence-electron chi connectivity index (χ4n) is 3.21. The third kappa shape index (κ3) is 2.05. The first-order valence-corrected chi connectivity index (χ1v) is 7.26. The van der Waals surface area contributed by atoms with Crippen LogP contribution in [-0.2, 0) is 6.42 Å². The van der Waals surface area contributed by atoms with Crippen LogP contribution in [0.1, 0.15) is 62.6 Å². The average molecular weight is 244 g/mol. The van der Waals surface area contributed by atoms with Crippen LogP contribution in [0.4, 0.5) is 0 Å². The van der Waals surface area contributed by atoms with Gasteiger partial charge in [-0.2, -0.15) is 5.10 Å². The molecule has 1 atom stereocenters. The molecule has 1 aromatic heterocycles. The highest BCUT2D eigenvalue weighted by Gasteiger charge is 2.22. The van der Waals surface area contributed by atoms with E-state index in [9.17, 15) is 0 Å². The number of fused-ring (bicyclic) bond motifs is 2. The van der Waals surface area contributed by atoms with Crippen LogP contribution in [0.5, 0.6) is 0 Å². The highest BCUT2D eigenvalue weighted by Crippen LogP contribution is 2.38. The smallest absolute Gasteiger partial charge is 0.0655 e. The second kappa shape index (κ2) is 5.55. The summed E-state index contributed by atoms with van der Waals surface area (Å²) in [7, 11) is 0. The van der Waals surface area contributed by atoms with Gasteiger partial charge in [0.2, 0.25) is 0 Å². The Morgan fingerprint density at radius 2 is 2.17 bits per heavy atom. The highest BCUT2D eigenvalue weighted by molar-refractivity contribution is 5.84. The molecule has 0 aliphatic heterocycles. The van der Waals surface area contributed by atoms with Crippen molar-refractivity contribution >= 4 is 10.9 Å². The molecule has 1 N–H and O–H groups in total. The Labute approximate surface area is 110 Å². The van der Waals surface area contributed by atoms with Gasteiger partial charge in [-0.15, -0.1) is 0 Å². The Balaban J connectivity index is 0.000000574. The van der Waals surface area contributed by atoms with Crippen molar-refractivity contribution in [2.24, 2.45) is 0 Å². The van der Waals surface area contributed by atoms with Gasteiger partial charge in [0, 0.05) is 5.39 Å². The molecule has 1 aliphatic carbocycles. The fourth-order valence-corrected chi connectivity index (χ4v) is 3.21. The lowest BCUT2D eigenvalue weighted by Crippen LogP contribution is -2.11. The lowest BCUT2D eigenvalue weighted by Gasteiger charge is -2.26. The Hall–Kier alpha value is -1.31. The van der Waals surface area contributed by atoms with Gasteiger partial charge in [-0.25, -0.2) is 0 Å². The Bertz CT molecular complexity index is 525. The molecule has 2 nitrogen and oxygen atoms in total. The number of aryl methyl sites for hydroxylation is 2. The summed E-state index contributed by atoms with van der Waals surface area (Å²) in [5, 5.41) is 8.56. The molecule has 0 fully saturated rings. The van der Waals surface area contributed by atoms with E-state index in [-0.39, 0.29) is 0 Å². The monoisotopic (exact) mass is 244 g/mol. The molecule has 3 rings (SSSR count). The van der Waals surface area contributed by atoms with Crippen molar-refractivity contribution in [1.82, 2.24) is 10.2 Å². The predicted octanol–water partition coefficient (Wildman–Crippen LogP) is 4.73. The summed E-state index contributed by atoms with van der Waals surface area (Å²) in [5.74, 6) is 0.767. The van der Waals surface area contributed by atoms with Crippen molar-refractivity contribution in [3.8, 4) is 0 Å². The molecule has 1 aliphatic rings. The van der Waals surface area contributed by atoms with Gasteiger partial charge in [-0.1, -0.05) is 20.8 Å². The summed E-state index contributed by atoms with van der Waals surface area (Å²) in [4.78, 5) is 0. The van der Waals surface area contributed by atoms with Crippen LogP contribution in [0, 0.1) is 6.92 Å². The van der Waals surface area contributed by atoms with E-state index in [1.54, 1.807) is 11.1 Å². The van der Waals surface area contributed by atoms with E-state index in [0.717, 1.165) is 5.92 Å². The maximum absolute atomic E-state index is 4.16. The van der Waals surface area contributed by atoms with Crippen molar-refractivity contribution in [1.29, 1.82) is 0 Å². The summed E-state index contributed by atoms with van der Waals surface area (Å²) in [6.45, 7) is 8.56. The first-order chi connectivity index (χ1) is 8.81. The van der Waals surface area contributed by atoms with Gasteiger partial charge in [0.25, 0.3) is 0 Å². The van der Waals surface area contributed by atoms with Gasteiger partial charge in [-0.05, 0) is 61.3 Å². The molecule has 0 bridgehead atoms. The number of rotatable bonds is 1. The molecular formula is C16H24N2.